The number of rotatable bonds is 4. The third kappa shape index (κ3) is 3.47. The van der Waals surface area contributed by atoms with Gasteiger partial charge in [-0.25, -0.2) is 0 Å². The van der Waals surface area contributed by atoms with Gasteiger partial charge in [-0.15, -0.1) is 0 Å². The van der Waals surface area contributed by atoms with Crippen LogP contribution in [-0.2, 0) is 4.79 Å². The van der Waals surface area contributed by atoms with E-state index in [1.807, 2.05) is 0 Å². The van der Waals surface area contributed by atoms with Crippen molar-refractivity contribution in [1.82, 2.24) is 0 Å². The molecule has 3 N–H and O–H groups in total. The van der Waals surface area contributed by atoms with Crippen LogP contribution in [0.1, 0.15) is 11.7 Å². The second kappa shape index (κ2) is 5.82. The molecule has 0 radical (unpaired) electrons. The lowest BCUT2D eigenvalue weighted by atomic mass is 10.1. The van der Waals surface area contributed by atoms with Gasteiger partial charge in [0.2, 0.25) is 0 Å². The van der Waals surface area contributed by atoms with Crippen molar-refractivity contribution in [3.63, 3.8) is 0 Å². The van der Waals surface area contributed by atoms with Crippen molar-refractivity contribution in [1.29, 1.82) is 0 Å². The Balaban J connectivity index is 2.38. The molecule has 0 fully saturated rings. The minimum absolute atomic E-state index is 0.175. The third-order valence-corrected chi connectivity index (χ3v) is 3.64. The predicted octanol–water partition coefficient (Wildman–Crippen LogP) is 1.80. The number of hydrogen-bond donors (Lipinski definition) is 3. The summed E-state index contributed by atoms with van der Waals surface area (Å²) in [5.74, 6) is -0.626. The van der Waals surface area contributed by atoms with E-state index >= 15 is 0 Å². The lowest BCUT2D eigenvalue weighted by molar-refractivity contribution is -0.123. The molecule has 9 heteroatoms. The number of nitrogens with one attached hydrogen (secondary N) is 1. The second-order valence-electron chi connectivity index (χ2n) is 4.54. The summed E-state index contributed by atoms with van der Waals surface area (Å²) in [5.41, 5.74) is 0.733. The molecule has 1 aromatic carbocycles. The topological polar surface area (TPSA) is 72.8 Å². The van der Waals surface area contributed by atoms with E-state index in [1.165, 1.54) is 12.1 Å². The standard InChI is InChI=1S/C12H12BrF3N2O3/c13-7-3-6-8(17-11(21)10(6)20)4-9(7)18(1-2-19)5-12(14,15)16/h3-4,10,19-20H,1-2,5H2,(H,17,21). The Morgan fingerprint density at radius 2 is 2.05 bits per heavy atom. The largest absolute Gasteiger partial charge is 0.405 e. The number of fused-ring (bicyclic) bond motifs is 1. The highest BCUT2D eigenvalue weighted by Crippen LogP contribution is 2.39. The van der Waals surface area contributed by atoms with Gasteiger partial charge in [0, 0.05) is 22.3 Å². The van der Waals surface area contributed by atoms with E-state index in [4.69, 9.17) is 5.11 Å². The highest BCUT2D eigenvalue weighted by molar-refractivity contribution is 9.10. The first kappa shape index (κ1) is 16.1. The highest BCUT2D eigenvalue weighted by Gasteiger charge is 2.34. The Morgan fingerprint density at radius 1 is 1.38 bits per heavy atom. The fourth-order valence-corrected chi connectivity index (χ4v) is 2.73. The summed E-state index contributed by atoms with van der Waals surface area (Å²) in [5, 5.41) is 21.0. The molecular formula is C12H12BrF3N2O3. The van der Waals surface area contributed by atoms with E-state index < -0.39 is 31.3 Å². The van der Waals surface area contributed by atoms with Crippen molar-refractivity contribution < 1.29 is 28.2 Å². The SMILES string of the molecule is O=C1Nc2cc(N(CCO)CC(F)(F)F)c(Br)cc2C1O. The molecule has 1 unspecified atom stereocenters. The average Bonchev–Trinajstić information content (AvgIpc) is 2.63. The molecule has 0 aliphatic carbocycles. The van der Waals surface area contributed by atoms with Crippen molar-refractivity contribution in [3.05, 3.63) is 22.2 Å². The lowest BCUT2D eigenvalue weighted by Gasteiger charge is -2.26. The van der Waals surface area contributed by atoms with Crippen molar-refractivity contribution >= 4 is 33.2 Å². The van der Waals surface area contributed by atoms with Crippen LogP contribution in [-0.4, -0.2) is 42.0 Å². The van der Waals surface area contributed by atoms with Crippen LogP contribution in [0.5, 0.6) is 0 Å². The zero-order valence-corrected chi connectivity index (χ0v) is 12.2. The van der Waals surface area contributed by atoms with Crippen LogP contribution in [0.3, 0.4) is 0 Å². The first-order valence-corrected chi connectivity index (χ1v) is 6.77. The van der Waals surface area contributed by atoms with Crippen LogP contribution in [0.15, 0.2) is 16.6 Å². The molecule has 1 aliphatic heterocycles. The first-order chi connectivity index (χ1) is 9.73. The number of aliphatic hydroxyl groups is 2. The number of aliphatic hydroxyl groups excluding tert-OH is 2. The van der Waals surface area contributed by atoms with Crippen molar-refractivity contribution in [2.24, 2.45) is 0 Å². The fourth-order valence-electron chi connectivity index (χ4n) is 2.12. The fraction of sp³-hybridized carbons (Fsp3) is 0.417. The molecular weight excluding hydrogens is 357 g/mol. The molecule has 0 bridgehead atoms. The maximum atomic E-state index is 12.6. The molecule has 1 amide bonds. The maximum absolute atomic E-state index is 12.6. The quantitative estimate of drug-likeness (QED) is 0.757. The normalized spacial score (nSPS) is 17.6. The number of anilines is 2. The first-order valence-electron chi connectivity index (χ1n) is 5.98. The Labute approximate surface area is 126 Å². The summed E-state index contributed by atoms with van der Waals surface area (Å²) in [6, 6.07) is 2.74. The predicted molar refractivity (Wildman–Crippen MR) is 73.1 cm³/mol. The number of halogens is 4. The minimum Gasteiger partial charge on any atom is -0.395 e. The van der Waals surface area contributed by atoms with Crippen molar-refractivity contribution in [2.45, 2.75) is 12.3 Å². The van der Waals surface area contributed by atoms with Gasteiger partial charge in [0.05, 0.1) is 12.3 Å². The van der Waals surface area contributed by atoms with Crippen LogP contribution in [0, 0.1) is 0 Å². The number of carbonyl (C=O) groups excluding carboxylic acids is 1. The van der Waals surface area contributed by atoms with Gasteiger partial charge in [0.1, 0.15) is 6.54 Å². The Bertz CT molecular complexity index is 565. The molecule has 1 aromatic rings. The molecule has 1 heterocycles. The average molecular weight is 369 g/mol. The minimum atomic E-state index is -4.43. The van der Waals surface area contributed by atoms with E-state index in [-0.39, 0.29) is 17.9 Å². The Kier molecular flexibility index (Phi) is 4.45. The van der Waals surface area contributed by atoms with Crippen LogP contribution < -0.4 is 10.2 Å². The summed E-state index contributed by atoms with van der Waals surface area (Å²) >= 11 is 3.13. The van der Waals surface area contributed by atoms with Gasteiger partial charge in [0.15, 0.2) is 6.10 Å². The van der Waals surface area contributed by atoms with Gasteiger partial charge >= 0.3 is 6.18 Å². The van der Waals surface area contributed by atoms with Gasteiger partial charge in [-0.05, 0) is 28.1 Å². The summed E-state index contributed by atoms with van der Waals surface area (Å²) in [6.45, 7) is -1.90. The van der Waals surface area contributed by atoms with Gasteiger partial charge in [0.25, 0.3) is 5.91 Å². The van der Waals surface area contributed by atoms with E-state index in [2.05, 4.69) is 21.2 Å². The Morgan fingerprint density at radius 3 is 2.62 bits per heavy atom. The van der Waals surface area contributed by atoms with Gasteiger partial charge in [-0.2, -0.15) is 13.2 Å². The number of hydrogen-bond acceptors (Lipinski definition) is 4. The van der Waals surface area contributed by atoms with Crippen LogP contribution in [0.4, 0.5) is 24.5 Å². The molecule has 0 saturated heterocycles. The smallest absolute Gasteiger partial charge is 0.395 e. The van der Waals surface area contributed by atoms with E-state index in [0.717, 1.165) is 4.90 Å². The molecule has 0 saturated carbocycles. The van der Waals surface area contributed by atoms with Gasteiger partial charge < -0.3 is 20.4 Å². The van der Waals surface area contributed by atoms with Crippen molar-refractivity contribution in [3.8, 4) is 0 Å². The molecule has 116 valence electrons. The van der Waals surface area contributed by atoms with E-state index in [1.54, 1.807) is 0 Å². The van der Waals surface area contributed by atoms with Gasteiger partial charge in [-0.1, -0.05) is 0 Å². The molecule has 21 heavy (non-hydrogen) atoms. The van der Waals surface area contributed by atoms with E-state index in [9.17, 15) is 23.1 Å². The van der Waals surface area contributed by atoms with Crippen LogP contribution in [0.2, 0.25) is 0 Å². The van der Waals surface area contributed by atoms with E-state index in [0.29, 0.717) is 10.0 Å². The zero-order chi connectivity index (χ0) is 15.8. The summed E-state index contributed by atoms with van der Waals surface area (Å²) in [7, 11) is 0. The highest BCUT2D eigenvalue weighted by atomic mass is 79.9. The summed E-state index contributed by atoms with van der Waals surface area (Å²) < 4.78 is 38.1. The molecule has 0 aromatic heterocycles. The number of alkyl halides is 3. The molecule has 1 atom stereocenters. The maximum Gasteiger partial charge on any atom is 0.405 e. The summed E-state index contributed by atoms with van der Waals surface area (Å²) in [4.78, 5) is 12.3. The van der Waals surface area contributed by atoms with Crippen LogP contribution >= 0.6 is 15.9 Å². The number of amides is 1. The van der Waals surface area contributed by atoms with Crippen LogP contribution in [0.25, 0.3) is 0 Å². The Hall–Kier alpha value is -1.32. The number of carbonyl (C=O) groups is 1. The van der Waals surface area contributed by atoms with Crippen molar-refractivity contribution in [2.75, 3.05) is 29.9 Å². The lowest BCUT2D eigenvalue weighted by Crippen LogP contribution is -2.36. The monoisotopic (exact) mass is 368 g/mol. The summed E-state index contributed by atoms with van der Waals surface area (Å²) in [6.07, 6.45) is -5.77. The number of nitrogens with zero attached hydrogens (tertiary/aromatic N) is 1. The number of benzene rings is 1. The zero-order valence-electron chi connectivity index (χ0n) is 10.6. The molecule has 5 nitrogen and oxygen atoms in total. The second-order valence-corrected chi connectivity index (χ2v) is 5.40. The van der Waals surface area contributed by atoms with Gasteiger partial charge in [-0.3, -0.25) is 4.79 Å². The molecule has 0 spiro atoms. The molecule has 2 rings (SSSR count). The molecule has 1 aliphatic rings. The third-order valence-electron chi connectivity index (χ3n) is 3.00.